The minimum atomic E-state index is -0.561. The molecule has 2 atom stereocenters. The Labute approximate surface area is 85.8 Å². The van der Waals surface area contributed by atoms with Crippen LogP contribution in [0.3, 0.4) is 0 Å². The molecular weight excluding hydrogens is 174 g/mol. The van der Waals surface area contributed by atoms with Gasteiger partial charge in [-0.3, -0.25) is 0 Å². The van der Waals surface area contributed by atoms with Crippen molar-refractivity contribution in [2.24, 2.45) is 5.73 Å². The van der Waals surface area contributed by atoms with Crippen LogP contribution in [0.1, 0.15) is 35.3 Å². The van der Waals surface area contributed by atoms with E-state index in [0.717, 1.165) is 11.1 Å². The lowest BCUT2D eigenvalue weighted by molar-refractivity contribution is 0.152. The molecule has 0 aliphatic rings. The highest BCUT2D eigenvalue weighted by molar-refractivity contribution is 5.38. The number of aliphatic hydroxyl groups excluding tert-OH is 1. The van der Waals surface area contributed by atoms with Crippen molar-refractivity contribution >= 4 is 0 Å². The number of hydrogen-bond acceptors (Lipinski definition) is 2. The molecule has 2 nitrogen and oxygen atoms in total. The minimum Gasteiger partial charge on any atom is -0.387 e. The molecule has 0 fully saturated rings. The van der Waals surface area contributed by atoms with Gasteiger partial charge in [0, 0.05) is 6.04 Å². The van der Waals surface area contributed by atoms with Gasteiger partial charge in [0.05, 0.1) is 6.10 Å². The summed E-state index contributed by atoms with van der Waals surface area (Å²) in [5.41, 5.74) is 10.2. The molecular formula is C12H19NO. The van der Waals surface area contributed by atoms with Crippen molar-refractivity contribution in [3.05, 3.63) is 34.4 Å². The number of nitrogens with two attached hydrogens (primary N) is 1. The van der Waals surface area contributed by atoms with Gasteiger partial charge < -0.3 is 10.8 Å². The van der Waals surface area contributed by atoms with E-state index >= 15 is 0 Å². The van der Waals surface area contributed by atoms with Crippen LogP contribution in [0.5, 0.6) is 0 Å². The van der Waals surface area contributed by atoms with Gasteiger partial charge in [0.2, 0.25) is 0 Å². The van der Waals surface area contributed by atoms with Crippen LogP contribution < -0.4 is 5.73 Å². The summed E-state index contributed by atoms with van der Waals surface area (Å²) in [5.74, 6) is 0. The number of aliphatic hydroxyl groups is 1. The van der Waals surface area contributed by atoms with Gasteiger partial charge in [-0.15, -0.1) is 0 Å². The lowest BCUT2D eigenvalue weighted by atomic mass is 9.94. The number of benzene rings is 1. The zero-order valence-corrected chi connectivity index (χ0v) is 9.33. The van der Waals surface area contributed by atoms with Gasteiger partial charge in [-0.05, 0) is 49.9 Å². The molecule has 0 aliphatic carbocycles. The summed E-state index contributed by atoms with van der Waals surface area (Å²) < 4.78 is 0. The lowest BCUT2D eigenvalue weighted by Gasteiger charge is -2.18. The second kappa shape index (κ2) is 4.11. The average Bonchev–Trinajstić information content (AvgIpc) is 2.10. The van der Waals surface area contributed by atoms with Crippen molar-refractivity contribution in [1.29, 1.82) is 0 Å². The van der Waals surface area contributed by atoms with Gasteiger partial charge in [-0.25, -0.2) is 0 Å². The van der Waals surface area contributed by atoms with Gasteiger partial charge in [0.1, 0.15) is 0 Å². The summed E-state index contributed by atoms with van der Waals surface area (Å²) in [6.07, 6.45) is -0.561. The third kappa shape index (κ3) is 2.14. The second-order valence-electron chi connectivity index (χ2n) is 4.10. The Morgan fingerprint density at radius 2 is 1.57 bits per heavy atom. The molecule has 1 aromatic rings. The Bertz CT molecular complexity index is 331. The summed E-state index contributed by atoms with van der Waals surface area (Å²) in [5, 5.41) is 9.87. The molecule has 0 heterocycles. The monoisotopic (exact) mass is 193 g/mol. The first-order chi connectivity index (χ1) is 6.43. The van der Waals surface area contributed by atoms with Gasteiger partial charge >= 0.3 is 0 Å². The molecule has 0 unspecified atom stereocenters. The average molecular weight is 193 g/mol. The molecule has 0 bridgehead atoms. The first kappa shape index (κ1) is 11.2. The van der Waals surface area contributed by atoms with E-state index in [1.165, 1.54) is 11.1 Å². The van der Waals surface area contributed by atoms with E-state index < -0.39 is 6.10 Å². The van der Waals surface area contributed by atoms with E-state index in [-0.39, 0.29) is 6.04 Å². The van der Waals surface area contributed by atoms with Crippen molar-refractivity contribution < 1.29 is 5.11 Å². The maximum Gasteiger partial charge on any atom is 0.0940 e. The van der Waals surface area contributed by atoms with Crippen LogP contribution in [0.4, 0.5) is 0 Å². The first-order valence-corrected chi connectivity index (χ1v) is 4.95. The first-order valence-electron chi connectivity index (χ1n) is 4.95. The van der Waals surface area contributed by atoms with Crippen molar-refractivity contribution in [3.63, 3.8) is 0 Å². The molecule has 0 saturated heterocycles. The Kier molecular flexibility index (Phi) is 3.29. The summed E-state index contributed by atoms with van der Waals surface area (Å²) in [4.78, 5) is 0. The quantitative estimate of drug-likeness (QED) is 0.754. The lowest BCUT2D eigenvalue weighted by Crippen LogP contribution is -2.25. The number of aryl methyl sites for hydroxylation is 3. The molecule has 2 heteroatoms. The summed E-state index contributed by atoms with van der Waals surface area (Å²) in [7, 11) is 0. The molecule has 1 rings (SSSR count). The van der Waals surface area contributed by atoms with E-state index in [1.54, 1.807) is 0 Å². The van der Waals surface area contributed by atoms with E-state index in [9.17, 15) is 5.11 Å². The summed E-state index contributed by atoms with van der Waals surface area (Å²) in [6, 6.07) is 3.89. The molecule has 0 radical (unpaired) electrons. The third-order valence-electron chi connectivity index (χ3n) is 2.70. The zero-order chi connectivity index (χ0) is 10.9. The van der Waals surface area contributed by atoms with E-state index in [0.29, 0.717) is 0 Å². The maximum absolute atomic E-state index is 9.87. The van der Waals surface area contributed by atoms with Crippen LogP contribution >= 0.6 is 0 Å². The highest BCUT2D eigenvalue weighted by atomic mass is 16.3. The normalized spacial score (nSPS) is 15.3. The molecule has 14 heavy (non-hydrogen) atoms. The topological polar surface area (TPSA) is 46.2 Å². The highest BCUT2D eigenvalue weighted by Crippen LogP contribution is 2.23. The summed E-state index contributed by atoms with van der Waals surface area (Å²) in [6.45, 7) is 7.95. The third-order valence-corrected chi connectivity index (χ3v) is 2.70. The number of rotatable bonds is 2. The molecule has 0 saturated carbocycles. The van der Waals surface area contributed by atoms with E-state index in [1.807, 2.05) is 26.8 Å². The van der Waals surface area contributed by atoms with Crippen LogP contribution in [0.25, 0.3) is 0 Å². The second-order valence-corrected chi connectivity index (χ2v) is 4.10. The molecule has 3 N–H and O–H groups in total. The largest absolute Gasteiger partial charge is 0.387 e. The predicted octanol–water partition coefficient (Wildman–Crippen LogP) is 1.99. The minimum absolute atomic E-state index is 0.226. The van der Waals surface area contributed by atoms with Crippen LogP contribution in [0.15, 0.2) is 12.1 Å². The van der Waals surface area contributed by atoms with E-state index in [2.05, 4.69) is 13.0 Å². The Morgan fingerprint density at radius 1 is 1.07 bits per heavy atom. The van der Waals surface area contributed by atoms with Gasteiger partial charge in [-0.1, -0.05) is 12.1 Å². The SMILES string of the molecule is Cc1cc(C)c([C@@H](O)[C@@H](C)N)cc1C. The molecule has 0 aromatic heterocycles. The van der Waals surface area contributed by atoms with Crippen molar-refractivity contribution in [3.8, 4) is 0 Å². The maximum atomic E-state index is 9.87. The fourth-order valence-corrected chi connectivity index (χ4v) is 1.58. The predicted molar refractivity (Wildman–Crippen MR) is 59.3 cm³/mol. The fourth-order valence-electron chi connectivity index (χ4n) is 1.58. The van der Waals surface area contributed by atoms with Gasteiger partial charge in [-0.2, -0.15) is 0 Å². The van der Waals surface area contributed by atoms with E-state index in [4.69, 9.17) is 5.73 Å². The molecule has 1 aromatic carbocycles. The van der Waals surface area contributed by atoms with Crippen LogP contribution in [-0.2, 0) is 0 Å². The Morgan fingerprint density at radius 3 is 2.07 bits per heavy atom. The molecule has 0 spiro atoms. The van der Waals surface area contributed by atoms with Crippen LogP contribution in [0.2, 0.25) is 0 Å². The van der Waals surface area contributed by atoms with Crippen LogP contribution in [-0.4, -0.2) is 11.1 Å². The molecule has 0 amide bonds. The molecule has 0 aliphatic heterocycles. The van der Waals surface area contributed by atoms with Crippen molar-refractivity contribution in [2.75, 3.05) is 0 Å². The fraction of sp³-hybridized carbons (Fsp3) is 0.500. The number of hydrogen-bond donors (Lipinski definition) is 2. The standard InChI is InChI=1S/C12H19NO/c1-7-5-9(3)11(6-8(7)2)12(14)10(4)13/h5-6,10,12,14H,13H2,1-4H3/t10-,12+/m1/s1. The van der Waals surface area contributed by atoms with Gasteiger partial charge in [0.25, 0.3) is 0 Å². The van der Waals surface area contributed by atoms with Crippen molar-refractivity contribution in [1.82, 2.24) is 0 Å². The smallest absolute Gasteiger partial charge is 0.0940 e. The van der Waals surface area contributed by atoms with Gasteiger partial charge in [0.15, 0.2) is 0 Å². The molecule has 78 valence electrons. The summed E-state index contributed by atoms with van der Waals surface area (Å²) >= 11 is 0. The Balaban J connectivity index is 3.15. The van der Waals surface area contributed by atoms with Crippen molar-refractivity contribution in [2.45, 2.75) is 39.8 Å². The zero-order valence-electron chi connectivity index (χ0n) is 9.33. The highest BCUT2D eigenvalue weighted by Gasteiger charge is 2.15. The van der Waals surface area contributed by atoms with Crippen LogP contribution in [0, 0.1) is 20.8 Å². The Hall–Kier alpha value is -0.860.